The van der Waals surface area contributed by atoms with E-state index >= 15 is 0 Å². The van der Waals surface area contributed by atoms with Gasteiger partial charge in [-0.2, -0.15) is 0 Å². The predicted octanol–water partition coefficient (Wildman–Crippen LogP) is 3.19. The third-order valence-electron chi connectivity index (χ3n) is 6.89. The first kappa shape index (κ1) is 22.4. The molecule has 0 saturated carbocycles. The van der Waals surface area contributed by atoms with Gasteiger partial charge in [0, 0.05) is 5.69 Å². The van der Waals surface area contributed by atoms with E-state index in [0.717, 1.165) is 46.7 Å². The number of nitrogens with one attached hydrogen (secondary N) is 1. The summed E-state index contributed by atoms with van der Waals surface area (Å²) in [7, 11) is 0. The summed E-state index contributed by atoms with van der Waals surface area (Å²) in [6.45, 7) is 10.9. The van der Waals surface area contributed by atoms with Gasteiger partial charge in [-0.15, -0.1) is 0 Å². The molecule has 32 heavy (non-hydrogen) atoms. The molecule has 1 saturated heterocycles. The Balaban J connectivity index is 1.34. The van der Waals surface area contributed by atoms with Crippen molar-refractivity contribution in [1.29, 1.82) is 0 Å². The van der Waals surface area contributed by atoms with Gasteiger partial charge < -0.3 is 29.3 Å². The number of likely N-dealkylation sites (N-methyl/N-ethyl adjacent to an activating group) is 1. The first-order chi connectivity index (χ1) is 15.4. The van der Waals surface area contributed by atoms with E-state index in [1.807, 2.05) is 61.2 Å². The highest BCUT2D eigenvalue weighted by molar-refractivity contribution is 5.91. The molecule has 2 amide bonds. The van der Waals surface area contributed by atoms with Crippen LogP contribution in [-0.2, 0) is 0 Å². The van der Waals surface area contributed by atoms with Crippen molar-refractivity contribution in [2.24, 2.45) is 0 Å². The number of hydrogen-bond acceptors (Lipinski definition) is 4. The van der Waals surface area contributed by atoms with Crippen LogP contribution in [0.3, 0.4) is 0 Å². The molecule has 2 aliphatic rings. The van der Waals surface area contributed by atoms with Gasteiger partial charge in [0.2, 0.25) is 0 Å². The first-order valence-electron chi connectivity index (χ1n) is 11.4. The van der Waals surface area contributed by atoms with Crippen molar-refractivity contribution in [3.63, 3.8) is 0 Å². The maximum absolute atomic E-state index is 12.9. The van der Waals surface area contributed by atoms with E-state index in [1.165, 1.54) is 0 Å². The average Bonchev–Trinajstić information content (AvgIpc) is 2.81. The topological polar surface area (TPSA) is 71.0 Å². The van der Waals surface area contributed by atoms with Crippen LogP contribution in [0.2, 0.25) is 0 Å². The molecule has 0 aliphatic carbocycles. The lowest BCUT2D eigenvalue weighted by Gasteiger charge is -2.46. The Hall–Kier alpha value is -2.77. The molecule has 2 N–H and O–H groups in total. The number of carbonyl (C=O) groups excluding carboxylic acids is 1. The molecule has 172 valence electrons. The molecule has 0 radical (unpaired) electrons. The lowest BCUT2D eigenvalue weighted by molar-refractivity contribution is -0.933. The molecule has 2 aliphatic heterocycles. The Kier molecular flexibility index (Phi) is 6.58. The lowest BCUT2D eigenvalue weighted by atomic mass is 10.1. The minimum absolute atomic E-state index is 0.0579. The van der Waals surface area contributed by atoms with E-state index in [4.69, 9.17) is 9.47 Å². The van der Waals surface area contributed by atoms with Crippen LogP contribution >= 0.6 is 0 Å². The van der Waals surface area contributed by atoms with Gasteiger partial charge in [0.25, 0.3) is 0 Å². The molecule has 2 atom stereocenters. The van der Waals surface area contributed by atoms with E-state index in [-0.39, 0.29) is 6.03 Å². The minimum Gasteiger partial charge on any atom is -0.486 e. The van der Waals surface area contributed by atoms with Crippen LogP contribution in [0.4, 0.5) is 10.5 Å². The molecule has 2 aromatic rings. The number of carbonyl (C=O) groups is 1. The number of rotatable bonds is 5. The van der Waals surface area contributed by atoms with Gasteiger partial charge in [-0.05, 0) is 44.0 Å². The smallest absolute Gasteiger partial charge is 0.322 e. The number of aliphatic hydroxyl groups excluding tert-OH is 1. The van der Waals surface area contributed by atoms with Crippen LogP contribution in [0.25, 0.3) is 0 Å². The second-order valence-corrected chi connectivity index (χ2v) is 8.95. The number of amides is 2. The predicted molar refractivity (Wildman–Crippen MR) is 124 cm³/mol. The number of anilines is 1. The standard InChI is InChI=1S/C25H33N3O4/c1-4-28(16-20(29)23-17-31-21-10-5-6-11-22(21)32-23)14-12-27(13-15-28)25(30)26-24-18(2)8-7-9-19(24)3/h5-11,20,23,29H,4,12-17H2,1-3H3/p+1. The summed E-state index contributed by atoms with van der Waals surface area (Å²) < 4.78 is 12.6. The molecule has 2 heterocycles. The van der Waals surface area contributed by atoms with Gasteiger partial charge in [-0.1, -0.05) is 30.3 Å². The molecule has 7 heteroatoms. The highest BCUT2D eigenvalue weighted by Crippen LogP contribution is 2.32. The molecule has 0 aromatic heterocycles. The normalized spacial score (nSPS) is 20.5. The Labute approximate surface area is 190 Å². The summed E-state index contributed by atoms with van der Waals surface area (Å²) in [6, 6.07) is 13.5. The maximum atomic E-state index is 12.9. The molecule has 1 fully saturated rings. The summed E-state index contributed by atoms with van der Waals surface area (Å²) in [5.74, 6) is 1.40. The molecule has 2 aromatic carbocycles. The van der Waals surface area contributed by atoms with Gasteiger partial charge in [-0.3, -0.25) is 0 Å². The summed E-state index contributed by atoms with van der Waals surface area (Å²) in [5.41, 5.74) is 3.02. The summed E-state index contributed by atoms with van der Waals surface area (Å²) in [6.07, 6.45) is -1.03. The maximum Gasteiger partial charge on any atom is 0.322 e. The highest BCUT2D eigenvalue weighted by Gasteiger charge is 2.39. The molecular formula is C25H34N3O4+. The summed E-state index contributed by atoms with van der Waals surface area (Å²) in [4.78, 5) is 14.8. The Morgan fingerprint density at radius 1 is 1.12 bits per heavy atom. The van der Waals surface area contributed by atoms with Crippen molar-refractivity contribution >= 4 is 11.7 Å². The van der Waals surface area contributed by atoms with Gasteiger partial charge in [0.05, 0.1) is 32.7 Å². The fourth-order valence-corrected chi connectivity index (χ4v) is 4.66. The average molecular weight is 441 g/mol. The van der Waals surface area contributed by atoms with Crippen molar-refractivity contribution in [1.82, 2.24) is 4.90 Å². The van der Waals surface area contributed by atoms with Crippen LogP contribution in [0.5, 0.6) is 11.5 Å². The molecular weight excluding hydrogens is 406 g/mol. The number of aliphatic hydroxyl groups is 1. The number of urea groups is 1. The second-order valence-electron chi connectivity index (χ2n) is 8.95. The number of benzene rings is 2. The number of piperazine rings is 1. The fraction of sp³-hybridized carbons (Fsp3) is 0.480. The number of para-hydroxylation sites is 3. The monoisotopic (exact) mass is 440 g/mol. The van der Waals surface area contributed by atoms with E-state index in [9.17, 15) is 9.90 Å². The van der Waals surface area contributed by atoms with Gasteiger partial charge in [0.15, 0.2) is 17.6 Å². The number of ether oxygens (including phenoxy) is 2. The Morgan fingerprint density at radius 2 is 1.78 bits per heavy atom. The third kappa shape index (κ3) is 4.69. The van der Waals surface area contributed by atoms with Crippen molar-refractivity contribution in [3.8, 4) is 11.5 Å². The second kappa shape index (κ2) is 9.38. The quantitative estimate of drug-likeness (QED) is 0.701. The van der Waals surface area contributed by atoms with E-state index in [0.29, 0.717) is 32.0 Å². The number of hydrogen-bond donors (Lipinski definition) is 2. The summed E-state index contributed by atoms with van der Waals surface area (Å²) >= 11 is 0. The molecule has 4 rings (SSSR count). The number of aryl methyl sites for hydroxylation is 2. The lowest BCUT2D eigenvalue weighted by Crippen LogP contribution is -2.64. The number of fused-ring (bicyclic) bond motifs is 1. The Morgan fingerprint density at radius 3 is 2.44 bits per heavy atom. The van der Waals surface area contributed by atoms with Crippen LogP contribution < -0.4 is 14.8 Å². The van der Waals surface area contributed by atoms with Crippen LogP contribution in [-0.4, -0.2) is 78.6 Å². The van der Waals surface area contributed by atoms with Crippen molar-refractivity contribution in [3.05, 3.63) is 53.6 Å². The van der Waals surface area contributed by atoms with Gasteiger partial charge in [-0.25, -0.2) is 4.79 Å². The van der Waals surface area contributed by atoms with Gasteiger partial charge in [0.1, 0.15) is 19.3 Å². The fourth-order valence-electron chi connectivity index (χ4n) is 4.66. The molecule has 7 nitrogen and oxygen atoms in total. The van der Waals surface area contributed by atoms with Crippen LogP contribution in [0.1, 0.15) is 18.1 Å². The van der Waals surface area contributed by atoms with Crippen molar-refractivity contribution in [2.45, 2.75) is 33.0 Å². The van der Waals surface area contributed by atoms with Crippen LogP contribution in [0, 0.1) is 13.8 Å². The Bertz CT molecular complexity index is 936. The third-order valence-corrected chi connectivity index (χ3v) is 6.89. The van der Waals surface area contributed by atoms with Gasteiger partial charge >= 0.3 is 6.03 Å². The minimum atomic E-state index is -0.640. The molecule has 0 bridgehead atoms. The first-order valence-corrected chi connectivity index (χ1v) is 11.4. The van der Waals surface area contributed by atoms with Crippen LogP contribution in [0.15, 0.2) is 42.5 Å². The van der Waals surface area contributed by atoms with E-state index < -0.39 is 12.2 Å². The largest absolute Gasteiger partial charge is 0.486 e. The zero-order chi connectivity index (χ0) is 22.7. The van der Waals surface area contributed by atoms with E-state index in [2.05, 4.69) is 12.2 Å². The molecule has 2 unspecified atom stereocenters. The number of quaternary nitrogens is 1. The van der Waals surface area contributed by atoms with Crippen molar-refractivity contribution < 1.29 is 23.9 Å². The van der Waals surface area contributed by atoms with E-state index in [1.54, 1.807) is 0 Å². The number of nitrogens with zero attached hydrogens (tertiary/aromatic N) is 2. The zero-order valence-corrected chi connectivity index (χ0v) is 19.2. The molecule has 0 spiro atoms. The highest BCUT2D eigenvalue weighted by atomic mass is 16.6. The summed E-state index contributed by atoms with van der Waals surface area (Å²) in [5, 5.41) is 14.1. The SMILES string of the molecule is CC[N+]1(CC(O)C2COc3ccccc3O2)CCN(C(=O)Nc2c(C)cccc2C)CC1. The van der Waals surface area contributed by atoms with Crippen molar-refractivity contribution in [2.75, 3.05) is 51.2 Å². The zero-order valence-electron chi connectivity index (χ0n) is 19.2.